The number of fused-ring (bicyclic) bond motifs is 1. The van der Waals surface area contributed by atoms with E-state index >= 15 is 0 Å². The Kier molecular flexibility index (Phi) is 3.89. The molecule has 0 bridgehead atoms. The van der Waals surface area contributed by atoms with E-state index in [4.69, 9.17) is 11.5 Å². The van der Waals surface area contributed by atoms with Gasteiger partial charge in [0.05, 0.1) is 17.6 Å². The maximum absolute atomic E-state index is 11.1. The van der Waals surface area contributed by atoms with E-state index in [0.717, 1.165) is 30.4 Å². The van der Waals surface area contributed by atoms with Crippen LogP contribution in [0.5, 0.6) is 0 Å². The van der Waals surface area contributed by atoms with Gasteiger partial charge in [-0.25, -0.2) is 4.98 Å². The standard InChI is InChI=1S/C13H19N5O/c1-2-3-6-18(8-12(15)19)13-16-10-5-4-9(14)7-11(10)17-13/h4-5,7H,2-3,6,8,14H2,1H3,(H2,15,19)(H,16,17). The molecule has 0 radical (unpaired) electrons. The lowest BCUT2D eigenvalue weighted by Gasteiger charge is -2.19. The summed E-state index contributed by atoms with van der Waals surface area (Å²) in [5.41, 5.74) is 13.4. The van der Waals surface area contributed by atoms with Crippen molar-refractivity contribution in [3.63, 3.8) is 0 Å². The molecule has 0 aliphatic rings. The minimum Gasteiger partial charge on any atom is -0.399 e. The van der Waals surface area contributed by atoms with Crippen molar-refractivity contribution in [2.45, 2.75) is 19.8 Å². The zero-order valence-corrected chi connectivity index (χ0v) is 11.0. The van der Waals surface area contributed by atoms with Gasteiger partial charge in [0.2, 0.25) is 11.9 Å². The van der Waals surface area contributed by atoms with E-state index in [-0.39, 0.29) is 12.5 Å². The van der Waals surface area contributed by atoms with E-state index < -0.39 is 0 Å². The van der Waals surface area contributed by atoms with Crippen LogP contribution in [0.1, 0.15) is 19.8 Å². The van der Waals surface area contributed by atoms with Gasteiger partial charge in [-0.2, -0.15) is 0 Å². The largest absolute Gasteiger partial charge is 0.399 e. The van der Waals surface area contributed by atoms with Crippen LogP contribution in [0.2, 0.25) is 0 Å². The van der Waals surface area contributed by atoms with E-state index in [2.05, 4.69) is 16.9 Å². The van der Waals surface area contributed by atoms with Crippen LogP contribution in [0.25, 0.3) is 11.0 Å². The molecule has 1 heterocycles. The first-order valence-corrected chi connectivity index (χ1v) is 6.38. The highest BCUT2D eigenvalue weighted by atomic mass is 16.1. The van der Waals surface area contributed by atoms with Crippen LogP contribution in [0.4, 0.5) is 11.6 Å². The number of carbonyl (C=O) groups excluding carboxylic acids is 1. The highest BCUT2D eigenvalue weighted by Gasteiger charge is 2.13. The number of anilines is 2. The average molecular weight is 261 g/mol. The number of imidazole rings is 1. The first-order chi connectivity index (χ1) is 9.10. The minimum atomic E-state index is -0.365. The molecule has 6 heteroatoms. The summed E-state index contributed by atoms with van der Waals surface area (Å²) in [4.78, 5) is 20.6. The summed E-state index contributed by atoms with van der Waals surface area (Å²) in [7, 11) is 0. The number of carbonyl (C=O) groups is 1. The number of primary amides is 1. The molecule has 102 valence electrons. The summed E-state index contributed by atoms with van der Waals surface area (Å²) in [5.74, 6) is 0.295. The highest BCUT2D eigenvalue weighted by molar-refractivity contribution is 5.83. The average Bonchev–Trinajstić information content (AvgIpc) is 2.76. The van der Waals surface area contributed by atoms with Crippen molar-refractivity contribution < 1.29 is 4.79 Å². The number of nitrogen functional groups attached to an aromatic ring is 1. The number of nitrogens with two attached hydrogens (primary N) is 2. The number of hydrogen-bond donors (Lipinski definition) is 3. The van der Waals surface area contributed by atoms with Crippen LogP contribution in [0, 0.1) is 0 Å². The van der Waals surface area contributed by atoms with E-state index in [1.54, 1.807) is 6.07 Å². The van der Waals surface area contributed by atoms with E-state index in [9.17, 15) is 4.79 Å². The number of aromatic amines is 1. The molecule has 0 aliphatic heterocycles. The predicted molar refractivity (Wildman–Crippen MR) is 76.8 cm³/mol. The smallest absolute Gasteiger partial charge is 0.237 e. The van der Waals surface area contributed by atoms with Gasteiger partial charge in [0.1, 0.15) is 0 Å². The van der Waals surface area contributed by atoms with Crippen LogP contribution in [0.15, 0.2) is 18.2 Å². The Morgan fingerprint density at radius 2 is 2.26 bits per heavy atom. The molecule has 0 fully saturated rings. The maximum atomic E-state index is 11.1. The Bertz CT molecular complexity index is 577. The number of amides is 1. The zero-order chi connectivity index (χ0) is 13.8. The molecular weight excluding hydrogens is 242 g/mol. The van der Waals surface area contributed by atoms with Crippen molar-refractivity contribution in [3.05, 3.63) is 18.2 Å². The van der Waals surface area contributed by atoms with Gasteiger partial charge < -0.3 is 21.4 Å². The molecule has 0 saturated heterocycles. The van der Waals surface area contributed by atoms with Gasteiger partial charge in [0, 0.05) is 12.2 Å². The van der Waals surface area contributed by atoms with Crippen molar-refractivity contribution in [2.75, 3.05) is 23.7 Å². The second-order valence-electron chi connectivity index (χ2n) is 4.58. The molecule has 0 aliphatic carbocycles. The molecule has 2 aromatic rings. The lowest BCUT2D eigenvalue weighted by Crippen LogP contribution is -2.35. The van der Waals surface area contributed by atoms with Gasteiger partial charge in [-0.05, 0) is 24.6 Å². The number of nitrogens with one attached hydrogen (secondary N) is 1. The summed E-state index contributed by atoms with van der Waals surface area (Å²) >= 11 is 0. The van der Waals surface area contributed by atoms with Crippen molar-refractivity contribution >= 4 is 28.6 Å². The van der Waals surface area contributed by atoms with Gasteiger partial charge in [0.25, 0.3) is 0 Å². The number of benzene rings is 1. The third kappa shape index (κ3) is 3.15. The summed E-state index contributed by atoms with van der Waals surface area (Å²) in [5, 5.41) is 0. The van der Waals surface area contributed by atoms with Crippen molar-refractivity contribution in [3.8, 4) is 0 Å². The predicted octanol–water partition coefficient (Wildman–Crippen LogP) is 1.24. The van der Waals surface area contributed by atoms with Crippen LogP contribution in [-0.2, 0) is 4.79 Å². The second kappa shape index (κ2) is 5.60. The number of hydrogen-bond acceptors (Lipinski definition) is 4. The van der Waals surface area contributed by atoms with Crippen molar-refractivity contribution in [1.29, 1.82) is 0 Å². The van der Waals surface area contributed by atoms with E-state index in [1.165, 1.54) is 0 Å². The Morgan fingerprint density at radius 3 is 2.95 bits per heavy atom. The first-order valence-electron chi connectivity index (χ1n) is 6.38. The zero-order valence-electron chi connectivity index (χ0n) is 11.0. The van der Waals surface area contributed by atoms with Crippen LogP contribution in [0.3, 0.4) is 0 Å². The third-order valence-corrected chi connectivity index (χ3v) is 2.92. The summed E-state index contributed by atoms with van der Waals surface area (Å²) in [6.07, 6.45) is 2.02. The molecule has 0 atom stereocenters. The lowest BCUT2D eigenvalue weighted by atomic mass is 10.3. The van der Waals surface area contributed by atoms with Gasteiger partial charge in [-0.15, -0.1) is 0 Å². The number of H-pyrrole nitrogens is 1. The molecule has 1 amide bonds. The van der Waals surface area contributed by atoms with Gasteiger partial charge in [-0.3, -0.25) is 4.79 Å². The number of unbranched alkanes of at least 4 members (excludes halogenated alkanes) is 1. The highest BCUT2D eigenvalue weighted by Crippen LogP contribution is 2.19. The van der Waals surface area contributed by atoms with Gasteiger partial charge in [0.15, 0.2) is 0 Å². The molecule has 0 unspecified atom stereocenters. The van der Waals surface area contributed by atoms with Crippen molar-refractivity contribution in [2.24, 2.45) is 5.73 Å². The van der Waals surface area contributed by atoms with Crippen LogP contribution < -0.4 is 16.4 Å². The molecule has 19 heavy (non-hydrogen) atoms. The molecular formula is C13H19N5O. The fourth-order valence-electron chi connectivity index (χ4n) is 1.96. The Balaban J connectivity index is 2.29. The quantitative estimate of drug-likeness (QED) is 0.681. The Labute approximate surface area is 111 Å². The summed E-state index contributed by atoms with van der Waals surface area (Å²) in [6, 6.07) is 5.48. The molecule has 0 saturated carbocycles. The molecule has 1 aromatic heterocycles. The maximum Gasteiger partial charge on any atom is 0.237 e. The number of rotatable bonds is 6. The van der Waals surface area contributed by atoms with Gasteiger partial charge in [-0.1, -0.05) is 13.3 Å². The molecule has 2 rings (SSSR count). The van der Waals surface area contributed by atoms with Crippen LogP contribution >= 0.6 is 0 Å². The fourth-order valence-corrected chi connectivity index (χ4v) is 1.96. The van der Waals surface area contributed by atoms with Crippen molar-refractivity contribution in [1.82, 2.24) is 9.97 Å². The monoisotopic (exact) mass is 261 g/mol. The van der Waals surface area contributed by atoms with E-state index in [1.807, 2.05) is 17.0 Å². The molecule has 5 N–H and O–H groups in total. The Hall–Kier alpha value is -2.24. The van der Waals surface area contributed by atoms with Crippen LogP contribution in [-0.4, -0.2) is 29.0 Å². The first kappa shape index (κ1) is 13.2. The molecule has 6 nitrogen and oxygen atoms in total. The van der Waals surface area contributed by atoms with E-state index in [0.29, 0.717) is 11.6 Å². The normalized spacial score (nSPS) is 10.8. The Morgan fingerprint density at radius 1 is 1.47 bits per heavy atom. The summed E-state index contributed by atoms with van der Waals surface area (Å²) in [6.45, 7) is 3.01. The topological polar surface area (TPSA) is 101 Å². The fraction of sp³-hybridized carbons (Fsp3) is 0.385. The second-order valence-corrected chi connectivity index (χ2v) is 4.58. The minimum absolute atomic E-state index is 0.162. The van der Waals surface area contributed by atoms with Gasteiger partial charge >= 0.3 is 0 Å². The number of aromatic nitrogens is 2. The third-order valence-electron chi connectivity index (χ3n) is 2.92. The summed E-state index contributed by atoms with van der Waals surface area (Å²) < 4.78 is 0. The number of nitrogens with zero attached hydrogens (tertiary/aromatic N) is 2. The SMILES string of the molecule is CCCCN(CC(N)=O)c1nc2ccc(N)cc2[nH]1. The lowest BCUT2D eigenvalue weighted by molar-refractivity contribution is -0.116. The molecule has 1 aromatic carbocycles. The molecule has 0 spiro atoms.